The molecule has 0 radical (unpaired) electrons. The lowest BCUT2D eigenvalue weighted by atomic mass is 9.99. The molecular formula is C15H11F3O4. The molecule has 0 aliphatic rings. The Bertz CT molecular complexity index is 696. The molecule has 2 rings (SSSR count). The summed E-state index contributed by atoms with van der Waals surface area (Å²) in [7, 11) is 1.32. The molecule has 0 spiro atoms. The first-order chi connectivity index (χ1) is 10.3. The maximum absolute atomic E-state index is 12.2. The molecule has 0 bridgehead atoms. The zero-order chi connectivity index (χ0) is 16.3. The van der Waals surface area contributed by atoms with Gasteiger partial charge in [-0.15, -0.1) is 13.2 Å². The Balaban J connectivity index is 2.50. The maximum Gasteiger partial charge on any atom is 0.573 e. The van der Waals surface area contributed by atoms with Crippen LogP contribution in [-0.2, 0) is 0 Å². The molecule has 0 fully saturated rings. The smallest absolute Gasteiger partial charge is 0.504 e. The van der Waals surface area contributed by atoms with Gasteiger partial charge in [0.2, 0.25) is 0 Å². The third-order valence-corrected chi connectivity index (χ3v) is 2.86. The van der Waals surface area contributed by atoms with Crippen molar-refractivity contribution in [2.75, 3.05) is 7.11 Å². The van der Waals surface area contributed by atoms with E-state index in [1.165, 1.54) is 31.4 Å². The SMILES string of the molecule is COc1cc(C=O)c(-c2cccc(OC(F)(F)F)c2)cc1O. The second kappa shape index (κ2) is 5.97. The summed E-state index contributed by atoms with van der Waals surface area (Å²) in [6.45, 7) is 0. The Morgan fingerprint density at radius 3 is 2.50 bits per heavy atom. The summed E-state index contributed by atoms with van der Waals surface area (Å²) in [6.07, 6.45) is -4.29. The molecule has 2 aromatic rings. The lowest BCUT2D eigenvalue weighted by Gasteiger charge is -2.12. The molecule has 0 aliphatic heterocycles. The molecule has 0 saturated carbocycles. The number of hydrogen-bond acceptors (Lipinski definition) is 4. The van der Waals surface area contributed by atoms with Gasteiger partial charge in [-0.05, 0) is 35.4 Å². The number of carbonyl (C=O) groups is 1. The van der Waals surface area contributed by atoms with Gasteiger partial charge >= 0.3 is 6.36 Å². The van der Waals surface area contributed by atoms with Crippen LogP contribution in [0.3, 0.4) is 0 Å². The molecular weight excluding hydrogens is 301 g/mol. The predicted octanol–water partition coefficient (Wildman–Crippen LogP) is 3.78. The predicted molar refractivity (Wildman–Crippen MR) is 72.2 cm³/mol. The molecule has 116 valence electrons. The molecule has 2 aromatic carbocycles. The van der Waals surface area contributed by atoms with E-state index in [0.29, 0.717) is 11.8 Å². The number of aromatic hydroxyl groups is 1. The Labute approximate surface area is 123 Å². The van der Waals surface area contributed by atoms with Crippen molar-refractivity contribution in [3.63, 3.8) is 0 Å². The second-order valence-corrected chi connectivity index (χ2v) is 4.30. The second-order valence-electron chi connectivity index (χ2n) is 4.30. The van der Waals surface area contributed by atoms with Gasteiger partial charge in [0.15, 0.2) is 17.8 Å². The first-order valence-corrected chi connectivity index (χ1v) is 6.06. The van der Waals surface area contributed by atoms with E-state index in [9.17, 15) is 23.1 Å². The fraction of sp³-hybridized carbons (Fsp3) is 0.133. The molecule has 0 amide bonds. The largest absolute Gasteiger partial charge is 0.573 e. The average molecular weight is 312 g/mol. The number of methoxy groups -OCH3 is 1. The Morgan fingerprint density at radius 1 is 1.18 bits per heavy atom. The van der Waals surface area contributed by atoms with E-state index in [-0.39, 0.29) is 22.6 Å². The van der Waals surface area contributed by atoms with Crippen LogP contribution in [0.4, 0.5) is 13.2 Å². The quantitative estimate of drug-likeness (QED) is 0.873. The van der Waals surface area contributed by atoms with Crippen molar-refractivity contribution >= 4 is 6.29 Å². The number of phenols is 1. The van der Waals surface area contributed by atoms with Gasteiger partial charge in [0, 0.05) is 5.56 Å². The monoisotopic (exact) mass is 312 g/mol. The van der Waals surface area contributed by atoms with Crippen LogP contribution in [0.1, 0.15) is 10.4 Å². The first kappa shape index (κ1) is 15.7. The Kier molecular flexibility index (Phi) is 4.25. The van der Waals surface area contributed by atoms with E-state index in [2.05, 4.69) is 4.74 Å². The minimum atomic E-state index is -4.81. The number of phenolic OH excluding ortho intramolecular Hbond substituents is 1. The molecule has 0 atom stereocenters. The van der Waals surface area contributed by atoms with Crippen molar-refractivity contribution in [1.82, 2.24) is 0 Å². The number of aldehydes is 1. The summed E-state index contributed by atoms with van der Waals surface area (Å²) in [5.74, 6) is -0.559. The molecule has 0 heterocycles. The molecule has 7 heteroatoms. The number of halogens is 3. The summed E-state index contributed by atoms with van der Waals surface area (Å²) in [4.78, 5) is 11.1. The van der Waals surface area contributed by atoms with Crippen molar-refractivity contribution < 1.29 is 32.5 Å². The molecule has 0 saturated heterocycles. The highest BCUT2D eigenvalue weighted by Crippen LogP contribution is 2.36. The van der Waals surface area contributed by atoms with Crippen molar-refractivity contribution in [3.8, 4) is 28.4 Å². The summed E-state index contributed by atoms with van der Waals surface area (Å²) in [5.41, 5.74) is 0.724. The maximum atomic E-state index is 12.2. The van der Waals surface area contributed by atoms with Gasteiger partial charge < -0.3 is 14.6 Å². The van der Waals surface area contributed by atoms with Crippen LogP contribution in [0, 0.1) is 0 Å². The van der Waals surface area contributed by atoms with E-state index in [1.54, 1.807) is 0 Å². The zero-order valence-electron chi connectivity index (χ0n) is 11.3. The van der Waals surface area contributed by atoms with E-state index in [0.717, 1.165) is 12.1 Å². The van der Waals surface area contributed by atoms with Crippen LogP contribution >= 0.6 is 0 Å². The van der Waals surface area contributed by atoms with E-state index in [1.807, 2.05) is 0 Å². The average Bonchev–Trinajstić information content (AvgIpc) is 2.45. The third kappa shape index (κ3) is 3.49. The minimum absolute atomic E-state index is 0.0912. The van der Waals surface area contributed by atoms with Crippen LogP contribution in [0.2, 0.25) is 0 Å². The van der Waals surface area contributed by atoms with Crippen LogP contribution in [0.5, 0.6) is 17.2 Å². The fourth-order valence-corrected chi connectivity index (χ4v) is 1.96. The molecule has 4 nitrogen and oxygen atoms in total. The first-order valence-electron chi connectivity index (χ1n) is 6.06. The number of hydrogen-bond donors (Lipinski definition) is 1. The van der Waals surface area contributed by atoms with Crippen molar-refractivity contribution in [2.45, 2.75) is 6.36 Å². The van der Waals surface area contributed by atoms with E-state index in [4.69, 9.17) is 4.74 Å². The van der Waals surface area contributed by atoms with E-state index >= 15 is 0 Å². The number of rotatable bonds is 4. The highest BCUT2D eigenvalue weighted by Gasteiger charge is 2.31. The zero-order valence-corrected chi connectivity index (χ0v) is 11.3. The molecule has 22 heavy (non-hydrogen) atoms. The van der Waals surface area contributed by atoms with Crippen LogP contribution in [0.25, 0.3) is 11.1 Å². The van der Waals surface area contributed by atoms with Gasteiger partial charge in [-0.25, -0.2) is 0 Å². The molecule has 1 N–H and O–H groups in total. The topological polar surface area (TPSA) is 55.8 Å². The normalized spacial score (nSPS) is 11.1. The van der Waals surface area contributed by atoms with Crippen LogP contribution < -0.4 is 9.47 Å². The summed E-state index contributed by atoms with van der Waals surface area (Å²) in [6, 6.07) is 7.66. The lowest BCUT2D eigenvalue weighted by Crippen LogP contribution is -2.17. The fourth-order valence-electron chi connectivity index (χ4n) is 1.96. The number of ether oxygens (including phenoxy) is 2. The molecule has 0 aromatic heterocycles. The summed E-state index contributed by atoms with van der Waals surface area (Å²) in [5, 5.41) is 9.78. The molecule has 0 unspecified atom stereocenters. The lowest BCUT2D eigenvalue weighted by molar-refractivity contribution is -0.274. The third-order valence-electron chi connectivity index (χ3n) is 2.86. The number of carbonyl (C=O) groups excluding carboxylic acids is 1. The summed E-state index contributed by atoms with van der Waals surface area (Å²) < 4.78 is 45.5. The van der Waals surface area contributed by atoms with Gasteiger partial charge in [-0.1, -0.05) is 12.1 Å². The van der Waals surface area contributed by atoms with Crippen LogP contribution in [-0.4, -0.2) is 24.9 Å². The minimum Gasteiger partial charge on any atom is -0.504 e. The standard InChI is InChI=1S/C15H11F3O4/c1-21-14-6-10(8-19)12(7-13(14)20)9-3-2-4-11(5-9)22-15(16,17)18/h2-8,20H,1H3. The highest BCUT2D eigenvalue weighted by molar-refractivity contribution is 5.89. The highest BCUT2D eigenvalue weighted by atomic mass is 19.4. The Morgan fingerprint density at radius 2 is 1.91 bits per heavy atom. The van der Waals surface area contributed by atoms with Crippen molar-refractivity contribution in [1.29, 1.82) is 0 Å². The van der Waals surface area contributed by atoms with Gasteiger partial charge in [0.1, 0.15) is 5.75 Å². The molecule has 0 aliphatic carbocycles. The van der Waals surface area contributed by atoms with Gasteiger partial charge in [0.25, 0.3) is 0 Å². The summed E-state index contributed by atoms with van der Waals surface area (Å²) >= 11 is 0. The van der Waals surface area contributed by atoms with Gasteiger partial charge in [0.05, 0.1) is 7.11 Å². The van der Waals surface area contributed by atoms with Crippen molar-refractivity contribution in [2.24, 2.45) is 0 Å². The van der Waals surface area contributed by atoms with E-state index < -0.39 is 12.1 Å². The van der Waals surface area contributed by atoms with Crippen molar-refractivity contribution in [3.05, 3.63) is 42.0 Å². The number of benzene rings is 2. The number of alkyl halides is 3. The van der Waals surface area contributed by atoms with Crippen LogP contribution in [0.15, 0.2) is 36.4 Å². The van der Waals surface area contributed by atoms with Gasteiger partial charge in [-0.2, -0.15) is 0 Å². The van der Waals surface area contributed by atoms with Gasteiger partial charge in [-0.3, -0.25) is 4.79 Å². The Hall–Kier alpha value is -2.70.